The number of fused-ring (bicyclic) bond motifs is 11. The molecule has 0 atom stereocenters. The third kappa shape index (κ3) is 5.85. The Morgan fingerprint density at radius 2 is 0.970 bits per heavy atom. The fourth-order valence-corrected chi connectivity index (χ4v) is 14.9. The van der Waals surface area contributed by atoms with Gasteiger partial charge >= 0.3 is 0 Å². The van der Waals surface area contributed by atoms with Crippen LogP contribution in [-0.2, 0) is 32.5 Å². The normalized spacial score (nSPS) is 20.8. The Morgan fingerprint density at radius 3 is 1.59 bits per heavy atom. The maximum absolute atomic E-state index is 2.71. The molecule has 5 aliphatic rings. The van der Waals surface area contributed by atoms with E-state index in [1.165, 1.54) is 148 Å². The van der Waals surface area contributed by atoms with E-state index in [1.54, 1.807) is 5.56 Å². The number of benzene rings is 6. The molecule has 7 aromatic rings. The van der Waals surface area contributed by atoms with Crippen molar-refractivity contribution in [2.75, 3.05) is 9.80 Å². The smallest absolute Gasteiger partial charge is 0.252 e. The molecule has 0 fully saturated rings. The van der Waals surface area contributed by atoms with Gasteiger partial charge in [0, 0.05) is 43.9 Å². The van der Waals surface area contributed by atoms with Gasteiger partial charge in [-0.3, -0.25) is 0 Å². The van der Waals surface area contributed by atoms with E-state index in [1.807, 2.05) is 11.3 Å². The number of rotatable bonds is 2. The van der Waals surface area contributed by atoms with E-state index >= 15 is 0 Å². The summed E-state index contributed by atoms with van der Waals surface area (Å²) in [6, 6.07) is 37.4. The number of hydrogen-bond donors (Lipinski definition) is 0. The number of nitrogens with zero attached hydrogens (tertiary/aromatic N) is 2. The van der Waals surface area contributed by atoms with Gasteiger partial charge in [0.1, 0.15) is 0 Å². The molecule has 3 aliphatic carbocycles. The average molecular weight is 885 g/mol. The predicted octanol–water partition coefficient (Wildman–Crippen LogP) is 15.8. The van der Waals surface area contributed by atoms with E-state index in [-0.39, 0.29) is 39.2 Å². The Morgan fingerprint density at radius 1 is 0.439 bits per heavy atom. The van der Waals surface area contributed by atoms with Crippen LogP contribution in [0.15, 0.2) is 91.0 Å². The van der Waals surface area contributed by atoms with Crippen LogP contribution in [0.4, 0.5) is 34.1 Å². The van der Waals surface area contributed by atoms with Crippen LogP contribution in [0.3, 0.4) is 0 Å². The Kier molecular flexibility index (Phi) is 8.68. The summed E-state index contributed by atoms with van der Waals surface area (Å²) in [6.07, 6.45) is 7.21. The Bertz CT molecular complexity index is 3260. The highest BCUT2D eigenvalue weighted by atomic mass is 32.1. The second kappa shape index (κ2) is 13.5. The van der Waals surface area contributed by atoms with Crippen molar-refractivity contribution in [2.24, 2.45) is 0 Å². The van der Waals surface area contributed by atoms with Crippen LogP contribution in [0.1, 0.15) is 166 Å². The van der Waals surface area contributed by atoms with Gasteiger partial charge in [0.05, 0.1) is 10.4 Å². The van der Waals surface area contributed by atoms with Crippen molar-refractivity contribution in [3.63, 3.8) is 0 Å². The lowest BCUT2D eigenvalue weighted by Crippen LogP contribution is -2.62. The first-order chi connectivity index (χ1) is 31.0. The number of aryl methyl sites for hydroxylation is 2. The van der Waals surface area contributed by atoms with Crippen molar-refractivity contribution in [1.82, 2.24) is 0 Å². The van der Waals surface area contributed by atoms with Gasteiger partial charge in [-0.2, -0.15) is 0 Å². The third-order valence-corrected chi connectivity index (χ3v) is 19.4. The minimum absolute atomic E-state index is 0.0666. The number of para-hydroxylation sites is 1. The molecule has 0 N–H and O–H groups in total. The average Bonchev–Trinajstić information content (AvgIpc) is 3.63. The second-order valence-electron chi connectivity index (χ2n) is 25.5. The molecular weight excluding hydrogens is 816 g/mol. The third-order valence-electron chi connectivity index (χ3n) is 18.2. The van der Waals surface area contributed by atoms with Gasteiger partial charge in [0.15, 0.2) is 0 Å². The van der Waals surface area contributed by atoms with Gasteiger partial charge in [-0.25, -0.2) is 0 Å². The molecule has 0 unspecified atom stereocenters. The fraction of sp³-hybridized carbons (Fsp3) is 0.419. The summed E-state index contributed by atoms with van der Waals surface area (Å²) in [5, 5.41) is 2.80. The molecule has 2 aliphatic heterocycles. The first-order valence-electron chi connectivity index (χ1n) is 25.2. The lowest BCUT2D eigenvalue weighted by Gasteiger charge is -2.48. The minimum atomic E-state index is 0.0666. The Balaban J connectivity index is 1.21. The summed E-state index contributed by atoms with van der Waals surface area (Å²) in [5.74, 6) is 0. The summed E-state index contributed by atoms with van der Waals surface area (Å²) in [5.41, 5.74) is 24.6. The number of hydrogen-bond acceptors (Lipinski definition) is 3. The van der Waals surface area contributed by atoms with Crippen molar-refractivity contribution < 1.29 is 0 Å². The van der Waals surface area contributed by atoms with Gasteiger partial charge in [-0.15, -0.1) is 11.3 Å². The molecule has 6 aromatic carbocycles. The second-order valence-corrected chi connectivity index (χ2v) is 26.5. The van der Waals surface area contributed by atoms with E-state index in [0.717, 1.165) is 0 Å². The van der Waals surface area contributed by atoms with Crippen LogP contribution in [0.25, 0.3) is 20.2 Å². The summed E-state index contributed by atoms with van der Waals surface area (Å²) >= 11 is 2.03. The van der Waals surface area contributed by atoms with E-state index in [0.29, 0.717) is 0 Å². The molecule has 12 rings (SSSR count). The summed E-state index contributed by atoms with van der Waals surface area (Å²) < 4.78 is 2.82. The molecule has 2 nitrogen and oxygen atoms in total. The van der Waals surface area contributed by atoms with E-state index in [2.05, 4.69) is 198 Å². The zero-order valence-electron chi connectivity index (χ0n) is 42.3. The Hall–Kier alpha value is -4.80. The molecule has 66 heavy (non-hydrogen) atoms. The van der Waals surface area contributed by atoms with Crippen LogP contribution in [0.2, 0.25) is 0 Å². The topological polar surface area (TPSA) is 6.48 Å². The van der Waals surface area contributed by atoms with E-state index < -0.39 is 0 Å². The maximum atomic E-state index is 2.71. The molecule has 4 heteroatoms. The van der Waals surface area contributed by atoms with E-state index in [9.17, 15) is 0 Å². The molecular formula is C62H69BN2S. The quantitative estimate of drug-likeness (QED) is 0.160. The van der Waals surface area contributed by atoms with Gasteiger partial charge in [0.25, 0.3) is 6.71 Å². The molecule has 0 radical (unpaired) electrons. The molecule has 3 heterocycles. The first kappa shape index (κ1) is 42.6. The SMILES string of the molecule is Cc1cc2c3c(c1)N(c1ccccc1C)c1c(ccc4c1sc1cc5c(cc14)C(C)(C)CCC5(C)C)B3c1cc3c(cc1N2c1ccc2c(c1)C(C)(C)CCC2(C)C)C(C)(C)CCC3(C)C. The largest absolute Gasteiger partial charge is 0.311 e. The molecule has 0 saturated heterocycles. The van der Waals surface area contributed by atoms with Crippen molar-refractivity contribution in [2.45, 2.75) is 168 Å². The van der Waals surface area contributed by atoms with Crippen molar-refractivity contribution in [3.8, 4) is 0 Å². The van der Waals surface area contributed by atoms with Crippen LogP contribution in [0.5, 0.6) is 0 Å². The lowest BCUT2D eigenvalue weighted by atomic mass is 9.33. The number of anilines is 6. The van der Waals surface area contributed by atoms with Crippen LogP contribution < -0.4 is 26.2 Å². The summed E-state index contributed by atoms with van der Waals surface area (Å²) in [6.45, 7) is 34.4. The lowest BCUT2D eigenvalue weighted by molar-refractivity contribution is 0.332. The highest BCUT2D eigenvalue weighted by molar-refractivity contribution is 7.26. The monoisotopic (exact) mass is 885 g/mol. The van der Waals surface area contributed by atoms with Crippen molar-refractivity contribution in [3.05, 3.63) is 136 Å². The van der Waals surface area contributed by atoms with Crippen LogP contribution in [0, 0.1) is 13.8 Å². The number of thiophene rings is 1. The van der Waals surface area contributed by atoms with Gasteiger partial charge < -0.3 is 9.80 Å². The highest BCUT2D eigenvalue weighted by Gasteiger charge is 2.48. The summed E-state index contributed by atoms with van der Waals surface area (Å²) in [4.78, 5) is 5.41. The molecule has 0 saturated carbocycles. The molecule has 1 aromatic heterocycles. The zero-order chi connectivity index (χ0) is 46.4. The molecule has 0 amide bonds. The summed E-state index contributed by atoms with van der Waals surface area (Å²) in [7, 11) is 0. The Labute approximate surface area is 399 Å². The van der Waals surface area contributed by atoms with Crippen LogP contribution >= 0.6 is 11.3 Å². The molecule has 0 spiro atoms. The van der Waals surface area contributed by atoms with Crippen molar-refractivity contribution >= 4 is 88.7 Å². The highest BCUT2D eigenvalue weighted by Crippen LogP contribution is 2.55. The minimum Gasteiger partial charge on any atom is -0.311 e. The predicted molar refractivity (Wildman–Crippen MR) is 289 cm³/mol. The van der Waals surface area contributed by atoms with Crippen molar-refractivity contribution in [1.29, 1.82) is 0 Å². The molecule has 0 bridgehead atoms. The van der Waals surface area contributed by atoms with Gasteiger partial charge in [0.2, 0.25) is 0 Å². The maximum Gasteiger partial charge on any atom is 0.252 e. The standard InChI is InChI=1S/C62H69BN2S/c1-36-29-51-54-52(30-36)65(49-18-16-15-17-37(49)2)55-47(22-20-39-40-32-43-46(35-53(40)66-56(39)55)62(13,14)28-25-59(43,7)8)63(54)48-33-44-45(61(11,12)27-26-60(44,9)10)34-50(48)64(51)38-19-21-41-42(31-38)58(5,6)24-23-57(41,3)4/h15-22,29-35H,23-28H2,1-14H3. The van der Waals surface area contributed by atoms with Crippen LogP contribution in [-0.4, -0.2) is 6.71 Å². The van der Waals surface area contributed by atoms with Gasteiger partial charge in [-0.1, -0.05) is 126 Å². The first-order valence-corrected chi connectivity index (χ1v) is 26.0. The zero-order valence-corrected chi connectivity index (χ0v) is 43.1. The fourth-order valence-electron chi connectivity index (χ4n) is 13.6. The molecule has 336 valence electrons. The van der Waals surface area contributed by atoms with Gasteiger partial charge in [-0.05, 0) is 194 Å². The van der Waals surface area contributed by atoms with E-state index in [4.69, 9.17) is 0 Å².